The number of hydrogen-bond donors (Lipinski definition) is 1. The lowest BCUT2D eigenvalue weighted by Crippen LogP contribution is -2.41. The zero-order valence-electron chi connectivity index (χ0n) is 16.2. The maximum atomic E-state index is 14.8. The first-order chi connectivity index (χ1) is 14.7. The highest BCUT2D eigenvalue weighted by Gasteiger charge is 2.47. The number of sulfone groups is 1. The van der Waals surface area contributed by atoms with Crippen LogP contribution in [0.2, 0.25) is 0 Å². The summed E-state index contributed by atoms with van der Waals surface area (Å²) in [5, 5.41) is 7.37. The van der Waals surface area contributed by atoms with Crippen LogP contribution in [0.15, 0.2) is 47.9 Å². The molecule has 0 spiro atoms. The molecule has 10 heteroatoms. The van der Waals surface area contributed by atoms with Gasteiger partial charge in [-0.2, -0.15) is 0 Å². The average Bonchev–Trinajstić information content (AvgIpc) is 2.74. The molecule has 2 aromatic rings. The summed E-state index contributed by atoms with van der Waals surface area (Å²) in [6.45, 7) is 2.72. The topological polar surface area (TPSA) is 72.8 Å². The predicted molar refractivity (Wildman–Crippen MR) is 103 cm³/mol. The smallest absolute Gasteiger partial charge is 0.186 e. The lowest BCUT2D eigenvalue weighted by atomic mass is 9.89. The monoisotopic (exact) mass is 460 g/mol. The molecule has 1 aliphatic heterocycles. The second-order valence-electron chi connectivity index (χ2n) is 6.95. The highest BCUT2D eigenvalue weighted by Crippen LogP contribution is 2.47. The largest absolute Gasteiger partial charge is 0.490 e. The van der Waals surface area contributed by atoms with E-state index in [0.29, 0.717) is 12.1 Å². The third-order valence-corrected chi connectivity index (χ3v) is 7.21. The predicted octanol–water partition coefficient (Wildman–Crippen LogP) is 3.72. The molecule has 0 saturated heterocycles. The van der Waals surface area contributed by atoms with Crippen LogP contribution in [-0.2, 0) is 14.6 Å². The molecule has 0 bridgehead atoms. The van der Waals surface area contributed by atoms with E-state index in [9.17, 15) is 26.0 Å². The highest BCUT2D eigenvalue weighted by atomic mass is 32.2. The first-order valence-corrected chi connectivity index (χ1v) is 10.9. The Morgan fingerprint density at radius 3 is 2.45 bits per heavy atom. The molecule has 168 valence electrons. The Labute approximate surface area is 176 Å². The average molecular weight is 460 g/mol. The zero-order chi connectivity index (χ0) is 22.8. The molecule has 0 radical (unpaired) electrons. The maximum Gasteiger partial charge on any atom is 0.186 e. The van der Waals surface area contributed by atoms with Gasteiger partial charge in [0.05, 0.1) is 36.4 Å². The molecule has 1 N–H and O–H groups in total. The van der Waals surface area contributed by atoms with Crippen LogP contribution in [0.1, 0.15) is 17.2 Å². The molecule has 0 unspecified atom stereocenters. The molecule has 5 nitrogen and oxygen atoms in total. The van der Waals surface area contributed by atoms with Gasteiger partial charge < -0.3 is 14.6 Å². The number of hydrogen-bond acceptors (Lipinski definition) is 5. The van der Waals surface area contributed by atoms with Gasteiger partial charge >= 0.3 is 0 Å². The Kier molecular flexibility index (Phi) is 7.03. The summed E-state index contributed by atoms with van der Waals surface area (Å²) in [6, 6.07) is 3.56. The van der Waals surface area contributed by atoms with Crippen molar-refractivity contribution < 1.29 is 40.6 Å². The zero-order valence-corrected chi connectivity index (χ0v) is 17.0. The summed E-state index contributed by atoms with van der Waals surface area (Å²) in [5.74, 6) is -6.27. The van der Waals surface area contributed by atoms with Crippen molar-refractivity contribution in [2.75, 3.05) is 19.8 Å². The molecule has 3 rings (SSSR count). The van der Waals surface area contributed by atoms with Gasteiger partial charge in [-0.3, -0.25) is 0 Å². The Morgan fingerprint density at radius 2 is 1.81 bits per heavy atom. The summed E-state index contributed by atoms with van der Waals surface area (Å²) in [7, 11) is -4.56. The lowest BCUT2D eigenvalue weighted by molar-refractivity contribution is -0.0223. The molecular weight excluding hydrogens is 440 g/mol. The molecule has 3 atom stereocenters. The van der Waals surface area contributed by atoms with Crippen molar-refractivity contribution in [3.05, 3.63) is 71.8 Å². The summed E-state index contributed by atoms with van der Waals surface area (Å²) in [5.41, 5.74) is -0.553. The van der Waals surface area contributed by atoms with Crippen LogP contribution >= 0.6 is 0 Å². The molecule has 1 heterocycles. The maximum absolute atomic E-state index is 14.8. The Hall–Kier alpha value is -2.43. The number of aliphatic hydroxyl groups excluding tert-OH is 1. The molecule has 0 amide bonds. The van der Waals surface area contributed by atoms with Gasteiger partial charge in [-0.05, 0) is 36.8 Å². The number of rotatable bonds is 8. The Bertz CT molecular complexity index is 1070. The minimum Gasteiger partial charge on any atom is -0.490 e. The van der Waals surface area contributed by atoms with Crippen LogP contribution < -0.4 is 4.74 Å². The van der Waals surface area contributed by atoms with Gasteiger partial charge in [0.25, 0.3) is 0 Å². The van der Waals surface area contributed by atoms with E-state index in [-0.39, 0.29) is 26.2 Å². The van der Waals surface area contributed by atoms with Gasteiger partial charge in [0.15, 0.2) is 33.0 Å². The lowest BCUT2D eigenvalue weighted by Gasteiger charge is -2.37. The molecule has 31 heavy (non-hydrogen) atoms. The van der Waals surface area contributed by atoms with Gasteiger partial charge in [-0.1, -0.05) is 6.08 Å². The van der Waals surface area contributed by atoms with E-state index in [1.807, 2.05) is 0 Å². The summed E-state index contributed by atoms with van der Waals surface area (Å²) in [4.78, 5) is -0.600. The van der Waals surface area contributed by atoms with Crippen LogP contribution in [-0.4, -0.2) is 39.4 Å². The number of ether oxygens (including phenoxy) is 2. The van der Waals surface area contributed by atoms with E-state index >= 15 is 0 Å². The molecule has 0 aliphatic carbocycles. The van der Waals surface area contributed by atoms with E-state index in [0.717, 1.165) is 18.2 Å². The molecule has 0 aromatic heterocycles. The Balaban J connectivity index is 2.21. The third-order valence-electron chi connectivity index (χ3n) is 5.04. The molecule has 1 aliphatic rings. The van der Waals surface area contributed by atoms with Crippen molar-refractivity contribution in [3.8, 4) is 5.75 Å². The minimum absolute atomic E-state index is 0.115. The number of benzene rings is 2. The third kappa shape index (κ3) is 4.46. The number of halogens is 4. The van der Waals surface area contributed by atoms with E-state index in [2.05, 4.69) is 6.58 Å². The summed E-state index contributed by atoms with van der Waals surface area (Å²) in [6.07, 6.45) is 0.663. The van der Waals surface area contributed by atoms with E-state index in [4.69, 9.17) is 14.6 Å². The van der Waals surface area contributed by atoms with Crippen LogP contribution in [0, 0.1) is 29.2 Å². The molecule has 0 fully saturated rings. The quantitative estimate of drug-likeness (QED) is 0.369. The van der Waals surface area contributed by atoms with Crippen LogP contribution in [0.25, 0.3) is 0 Å². The fraction of sp³-hybridized carbons (Fsp3) is 0.333. The number of aliphatic hydroxyl groups is 1. The standard InChI is InChI=1S/C21H20F4O5S/c1-2-3-18(29-9-8-26)13-11-30-20-16(24)7-6-15(23)19(20)21(13)31(27,28)12-4-5-14(22)17(25)10-12/h2,4-7,10,13,18,21,26H,1,3,8-9,11H2/t13-,18+,21-/m0/s1. The van der Waals surface area contributed by atoms with Crippen LogP contribution in [0.5, 0.6) is 5.75 Å². The molecule has 2 aromatic carbocycles. The fourth-order valence-electron chi connectivity index (χ4n) is 3.66. The van der Waals surface area contributed by atoms with Gasteiger partial charge in [0.1, 0.15) is 11.1 Å². The molecule has 0 saturated carbocycles. The number of fused-ring (bicyclic) bond motifs is 1. The van der Waals surface area contributed by atoms with Crippen molar-refractivity contribution in [1.29, 1.82) is 0 Å². The summed E-state index contributed by atoms with van der Waals surface area (Å²) < 4.78 is 94.2. The van der Waals surface area contributed by atoms with Gasteiger partial charge in [-0.25, -0.2) is 26.0 Å². The normalized spacial score (nSPS) is 19.4. The SMILES string of the molecule is C=CC[C@@H](OCCO)[C@@H]1COc2c(F)ccc(F)c2[C@H]1S(=O)(=O)c1ccc(F)c(F)c1. The second-order valence-corrected chi connectivity index (χ2v) is 9.01. The fourth-order valence-corrected chi connectivity index (χ4v) is 5.73. The first-order valence-electron chi connectivity index (χ1n) is 9.35. The second kappa shape index (κ2) is 9.37. The Morgan fingerprint density at radius 1 is 1.13 bits per heavy atom. The van der Waals surface area contributed by atoms with E-state index < -0.39 is 66.6 Å². The highest BCUT2D eigenvalue weighted by molar-refractivity contribution is 7.91. The van der Waals surface area contributed by atoms with Gasteiger partial charge in [0.2, 0.25) is 0 Å². The summed E-state index contributed by atoms with van der Waals surface area (Å²) >= 11 is 0. The minimum atomic E-state index is -4.56. The van der Waals surface area contributed by atoms with Gasteiger partial charge in [-0.15, -0.1) is 6.58 Å². The van der Waals surface area contributed by atoms with E-state index in [1.165, 1.54) is 6.08 Å². The van der Waals surface area contributed by atoms with Crippen molar-refractivity contribution in [1.82, 2.24) is 0 Å². The van der Waals surface area contributed by atoms with E-state index in [1.54, 1.807) is 0 Å². The van der Waals surface area contributed by atoms with Crippen LogP contribution in [0.3, 0.4) is 0 Å². The van der Waals surface area contributed by atoms with Crippen molar-refractivity contribution in [3.63, 3.8) is 0 Å². The van der Waals surface area contributed by atoms with Crippen molar-refractivity contribution >= 4 is 9.84 Å². The van der Waals surface area contributed by atoms with Crippen LogP contribution in [0.4, 0.5) is 17.6 Å². The van der Waals surface area contributed by atoms with Crippen molar-refractivity contribution in [2.24, 2.45) is 5.92 Å². The van der Waals surface area contributed by atoms with Crippen molar-refractivity contribution in [2.45, 2.75) is 22.7 Å². The molecular formula is C21H20F4O5S. The first kappa shape index (κ1) is 23.2. The van der Waals surface area contributed by atoms with Gasteiger partial charge in [0, 0.05) is 5.92 Å².